The Kier molecular flexibility index (Phi) is 11.1. The summed E-state index contributed by atoms with van der Waals surface area (Å²) in [5, 5.41) is 8.48. The smallest absolute Gasteiger partial charge is 0.416 e. The predicted octanol–water partition coefficient (Wildman–Crippen LogP) is 6.42. The minimum atomic E-state index is -4.92. The van der Waals surface area contributed by atoms with Crippen molar-refractivity contribution in [1.82, 2.24) is 0 Å². The fourth-order valence-electron chi connectivity index (χ4n) is 2.55. The number of hydrogen-bond acceptors (Lipinski definition) is 3. The fraction of sp³-hybridized carbons (Fsp3) is 0.200. The van der Waals surface area contributed by atoms with Gasteiger partial charge in [0.25, 0.3) is 0 Å². The molecule has 0 radical (unpaired) electrons. The van der Waals surface area contributed by atoms with Crippen molar-refractivity contribution < 1.29 is 41.0 Å². The molecule has 188 valence electrons. The fourth-order valence-corrected chi connectivity index (χ4v) is 2.55. The van der Waals surface area contributed by atoms with Crippen LogP contribution in [0.1, 0.15) is 43.0 Å². The molecule has 0 aromatic heterocycles. The number of carbonyl (C=O) groups excluding carboxylic acids is 1. The molecule has 3 aromatic carbocycles. The molecule has 35 heavy (non-hydrogen) atoms. The summed E-state index contributed by atoms with van der Waals surface area (Å²) in [4.78, 5) is 20.5. The number of benzene rings is 3. The third-order valence-electron chi connectivity index (χ3n) is 4.32. The van der Waals surface area contributed by atoms with Crippen molar-refractivity contribution in [1.29, 1.82) is 0 Å². The van der Waals surface area contributed by atoms with Crippen LogP contribution >= 0.6 is 0 Å². The maximum atomic E-state index is 12.2. The number of aryl methyl sites for hydroxylation is 1. The Labute approximate surface area is 198 Å². The number of carboxylic acid groups (broad SMARTS) is 1. The zero-order chi connectivity index (χ0) is 26.6. The van der Waals surface area contributed by atoms with Crippen LogP contribution in [0.3, 0.4) is 0 Å². The highest BCUT2D eigenvalue weighted by Gasteiger charge is 2.36. The summed E-state index contributed by atoms with van der Waals surface area (Å²) in [6.45, 7) is 2.66. The molecule has 3 aromatic rings. The summed E-state index contributed by atoms with van der Waals surface area (Å²) < 4.78 is 73.1. The minimum Gasteiger partial charge on any atom is -0.478 e. The molecule has 0 bridgehead atoms. The van der Waals surface area contributed by atoms with Gasteiger partial charge in [0, 0.05) is 5.56 Å². The van der Waals surface area contributed by atoms with E-state index < -0.39 is 35.0 Å². The predicted molar refractivity (Wildman–Crippen MR) is 119 cm³/mol. The van der Waals surface area contributed by atoms with Crippen LogP contribution < -0.4 is 5.73 Å². The van der Waals surface area contributed by atoms with E-state index in [0.717, 1.165) is 18.5 Å². The van der Waals surface area contributed by atoms with E-state index in [0.29, 0.717) is 17.7 Å². The van der Waals surface area contributed by atoms with Crippen LogP contribution in [0.4, 0.5) is 26.3 Å². The van der Waals surface area contributed by atoms with Crippen molar-refractivity contribution >= 4 is 12.3 Å². The molecule has 3 rings (SSSR count). The molecule has 0 saturated heterocycles. The lowest BCUT2D eigenvalue weighted by atomic mass is 10.1. The summed E-state index contributed by atoms with van der Waals surface area (Å²) in [6.07, 6.45) is -8.91. The van der Waals surface area contributed by atoms with E-state index in [1.165, 1.54) is 5.56 Å². The average molecular weight is 499 g/mol. The van der Waals surface area contributed by atoms with Gasteiger partial charge in [0.1, 0.15) is 6.29 Å². The molecule has 0 spiro atoms. The van der Waals surface area contributed by atoms with Gasteiger partial charge in [0.05, 0.1) is 16.7 Å². The summed E-state index contributed by atoms with van der Waals surface area (Å²) in [5.41, 5.74) is 4.44. The largest absolute Gasteiger partial charge is 0.478 e. The normalized spacial score (nSPS) is 10.9. The van der Waals surface area contributed by atoms with E-state index in [4.69, 9.17) is 10.8 Å². The van der Waals surface area contributed by atoms with Crippen molar-refractivity contribution in [2.24, 2.45) is 5.73 Å². The summed E-state index contributed by atoms with van der Waals surface area (Å²) in [6, 6.07) is 17.7. The molecule has 0 unspecified atom stereocenters. The second kappa shape index (κ2) is 13.3. The number of alkyl halides is 6. The highest BCUT2D eigenvalue weighted by atomic mass is 19.4. The molecule has 0 aliphatic heterocycles. The Morgan fingerprint density at radius 1 is 0.857 bits per heavy atom. The van der Waals surface area contributed by atoms with Gasteiger partial charge >= 0.3 is 18.3 Å². The van der Waals surface area contributed by atoms with Gasteiger partial charge in [-0.1, -0.05) is 48.0 Å². The Hall–Kier alpha value is -3.66. The van der Waals surface area contributed by atoms with Gasteiger partial charge in [0.15, 0.2) is 0 Å². The number of carboxylic acids is 1. The van der Waals surface area contributed by atoms with E-state index in [9.17, 15) is 35.9 Å². The second-order valence-electron chi connectivity index (χ2n) is 7.15. The standard InChI is InChI=1S/C9H4F6O.C8H11N.C8H8O2/c10-8(11,12)6-1-5(4-16)2-7(3-6)9(13,14)15;9-7-6-8-4-2-1-3-5-8;1-6-2-4-7(5-3-6)8(9)10/h1-4H;1-5H,6-7,9H2;2-5H,1H3,(H,9,10). The van der Waals surface area contributed by atoms with E-state index in [2.05, 4.69) is 12.1 Å². The first-order chi connectivity index (χ1) is 16.3. The summed E-state index contributed by atoms with van der Waals surface area (Å²) >= 11 is 0. The molecule has 0 fully saturated rings. The van der Waals surface area contributed by atoms with Gasteiger partial charge in [-0.15, -0.1) is 0 Å². The third kappa shape index (κ3) is 10.9. The van der Waals surface area contributed by atoms with Gasteiger partial charge in [-0.05, 0) is 55.8 Å². The lowest BCUT2D eigenvalue weighted by Gasteiger charge is -2.12. The van der Waals surface area contributed by atoms with Gasteiger partial charge in [-0.3, -0.25) is 4.79 Å². The van der Waals surface area contributed by atoms with E-state index in [1.54, 1.807) is 24.3 Å². The molecule has 0 amide bonds. The molecule has 3 N–H and O–H groups in total. The van der Waals surface area contributed by atoms with E-state index in [1.807, 2.05) is 25.1 Å². The topological polar surface area (TPSA) is 80.4 Å². The van der Waals surface area contributed by atoms with Gasteiger partial charge in [0.2, 0.25) is 0 Å². The molecular weight excluding hydrogens is 476 g/mol. The quantitative estimate of drug-likeness (QED) is 0.321. The van der Waals surface area contributed by atoms with Crippen LogP contribution in [0.5, 0.6) is 0 Å². The van der Waals surface area contributed by atoms with Crippen LogP contribution in [0.25, 0.3) is 0 Å². The minimum absolute atomic E-state index is 0.0347. The molecule has 0 saturated carbocycles. The Balaban J connectivity index is 0.000000278. The van der Waals surface area contributed by atoms with Gasteiger partial charge in [-0.25, -0.2) is 4.79 Å². The van der Waals surface area contributed by atoms with Crippen molar-refractivity contribution in [3.8, 4) is 0 Å². The Morgan fingerprint density at radius 2 is 1.34 bits per heavy atom. The summed E-state index contributed by atoms with van der Waals surface area (Å²) in [5.74, 6) is -0.875. The first kappa shape index (κ1) is 29.4. The van der Waals surface area contributed by atoms with Crippen molar-refractivity contribution in [2.75, 3.05) is 6.54 Å². The lowest BCUT2D eigenvalue weighted by Crippen LogP contribution is -2.11. The van der Waals surface area contributed by atoms with Crippen LogP contribution in [0, 0.1) is 6.92 Å². The number of rotatable bonds is 4. The number of halogens is 6. The molecular formula is C25H23F6NO3. The lowest BCUT2D eigenvalue weighted by molar-refractivity contribution is -0.143. The van der Waals surface area contributed by atoms with Crippen LogP contribution in [-0.4, -0.2) is 23.9 Å². The third-order valence-corrected chi connectivity index (χ3v) is 4.32. The van der Waals surface area contributed by atoms with E-state index >= 15 is 0 Å². The van der Waals surface area contributed by atoms with Gasteiger partial charge in [-0.2, -0.15) is 26.3 Å². The maximum Gasteiger partial charge on any atom is 0.416 e. The van der Waals surface area contributed by atoms with Gasteiger partial charge < -0.3 is 10.8 Å². The first-order valence-electron chi connectivity index (χ1n) is 10.1. The van der Waals surface area contributed by atoms with Crippen molar-refractivity contribution in [3.63, 3.8) is 0 Å². The molecule has 0 aliphatic carbocycles. The Morgan fingerprint density at radius 3 is 1.71 bits per heavy atom. The molecule has 0 atom stereocenters. The Bertz CT molecular complexity index is 1050. The zero-order valence-electron chi connectivity index (χ0n) is 18.5. The first-order valence-corrected chi connectivity index (χ1v) is 10.1. The number of aldehydes is 1. The number of aromatic carboxylic acids is 1. The van der Waals surface area contributed by atoms with Crippen molar-refractivity contribution in [3.05, 3.63) is 106 Å². The SMILES string of the molecule is Cc1ccc(C(=O)O)cc1.NCCc1ccccc1.O=Cc1cc(C(F)(F)F)cc(C(F)(F)F)c1. The van der Waals surface area contributed by atoms with Crippen molar-refractivity contribution in [2.45, 2.75) is 25.7 Å². The van der Waals surface area contributed by atoms with Crippen LogP contribution in [0.15, 0.2) is 72.8 Å². The molecule has 0 aliphatic rings. The number of hydrogen-bond donors (Lipinski definition) is 2. The van der Waals surface area contributed by atoms with Crippen LogP contribution in [0.2, 0.25) is 0 Å². The van der Waals surface area contributed by atoms with Crippen LogP contribution in [-0.2, 0) is 18.8 Å². The highest BCUT2D eigenvalue weighted by molar-refractivity contribution is 5.87. The molecule has 0 heterocycles. The number of nitrogens with two attached hydrogens (primary N) is 1. The maximum absolute atomic E-state index is 12.2. The number of carbonyl (C=O) groups is 2. The average Bonchev–Trinajstić information content (AvgIpc) is 2.80. The van der Waals surface area contributed by atoms with E-state index in [-0.39, 0.29) is 12.4 Å². The molecule has 4 nitrogen and oxygen atoms in total. The second-order valence-corrected chi connectivity index (χ2v) is 7.15. The highest BCUT2D eigenvalue weighted by Crippen LogP contribution is 2.35. The monoisotopic (exact) mass is 499 g/mol. The summed E-state index contributed by atoms with van der Waals surface area (Å²) in [7, 11) is 0. The molecule has 10 heteroatoms. The zero-order valence-corrected chi connectivity index (χ0v) is 18.5.